The minimum absolute atomic E-state index is 0.0197. The van der Waals surface area contributed by atoms with E-state index in [1.807, 2.05) is 6.92 Å². The van der Waals surface area contributed by atoms with E-state index >= 15 is 0 Å². The Morgan fingerprint density at radius 3 is 2.38 bits per heavy atom. The summed E-state index contributed by atoms with van der Waals surface area (Å²) in [5, 5.41) is 2.66. The summed E-state index contributed by atoms with van der Waals surface area (Å²) < 4.78 is 32.9. The fourth-order valence-corrected chi connectivity index (χ4v) is 4.87. The lowest BCUT2D eigenvalue weighted by Crippen LogP contribution is -2.45. The highest BCUT2D eigenvalue weighted by molar-refractivity contribution is 7.89. The topological polar surface area (TPSA) is 122 Å². The van der Waals surface area contributed by atoms with Crippen molar-refractivity contribution in [2.75, 3.05) is 23.4 Å². The first-order valence-electron chi connectivity index (χ1n) is 11.0. The van der Waals surface area contributed by atoms with Crippen LogP contribution in [0.1, 0.15) is 32.3 Å². The first-order chi connectivity index (χ1) is 16.1. The second kappa shape index (κ2) is 10.8. The smallest absolute Gasteiger partial charge is 0.324 e. The molecule has 2 amide bonds. The zero-order chi connectivity index (χ0) is 24.9. The van der Waals surface area contributed by atoms with E-state index in [9.17, 15) is 22.8 Å². The molecule has 2 N–H and O–H groups in total. The number of para-hydroxylation sites is 2. The lowest BCUT2D eigenvalue weighted by Gasteiger charge is -2.21. The van der Waals surface area contributed by atoms with Crippen LogP contribution in [-0.4, -0.2) is 45.4 Å². The third kappa shape index (κ3) is 6.21. The number of rotatable bonds is 9. The number of esters is 1. The standard InChI is InChI=1S/C24H29N3O6S/c1-16(2)23(26-34(31,32)18-12-10-17(3)11-13-18)24(30)33-15-21(28)25-19-7-4-5-8-20(19)27-14-6-9-22(27)29/h4-5,7-8,10-13,16,23,26H,6,9,14-15H2,1-3H3,(H,25,28)/t23-/m0/s1. The number of carbonyl (C=O) groups is 3. The molecule has 9 nitrogen and oxygen atoms in total. The molecule has 2 aromatic rings. The number of nitrogens with zero attached hydrogens (tertiary/aromatic N) is 1. The second-order valence-corrected chi connectivity index (χ2v) is 10.2. The van der Waals surface area contributed by atoms with E-state index < -0.39 is 40.5 Å². The summed E-state index contributed by atoms with van der Waals surface area (Å²) in [6, 6.07) is 11.9. The molecule has 1 aliphatic heterocycles. The van der Waals surface area contributed by atoms with Gasteiger partial charge in [0.05, 0.1) is 16.3 Å². The van der Waals surface area contributed by atoms with Crippen LogP contribution in [0.5, 0.6) is 0 Å². The number of carbonyl (C=O) groups excluding carboxylic acids is 3. The van der Waals surface area contributed by atoms with Crippen LogP contribution in [-0.2, 0) is 29.1 Å². The molecule has 182 valence electrons. The highest BCUT2D eigenvalue weighted by atomic mass is 32.2. The number of nitrogens with one attached hydrogen (secondary N) is 2. The molecule has 0 bridgehead atoms. The largest absolute Gasteiger partial charge is 0.454 e. The van der Waals surface area contributed by atoms with E-state index in [4.69, 9.17) is 4.74 Å². The van der Waals surface area contributed by atoms with Gasteiger partial charge in [-0.3, -0.25) is 14.4 Å². The predicted octanol–water partition coefficient (Wildman–Crippen LogP) is 2.61. The van der Waals surface area contributed by atoms with Gasteiger partial charge >= 0.3 is 5.97 Å². The number of hydrogen-bond donors (Lipinski definition) is 2. The molecular formula is C24H29N3O6S. The van der Waals surface area contributed by atoms with Gasteiger partial charge in [0.15, 0.2) is 6.61 Å². The van der Waals surface area contributed by atoms with Gasteiger partial charge in [-0.15, -0.1) is 0 Å². The van der Waals surface area contributed by atoms with Crippen molar-refractivity contribution in [1.29, 1.82) is 0 Å². The molecule has 0 unspecified atom stereocenters. The van der Waals surface area contributed by atoms with Crippen molar-refractivity contribution in [2.45, 2.75) is 44.6 Å². The van der Waals surface area contributed by atoms with Crippen LogP contribution in [0, 0.1) is 12.8 Å². The van der Waals surface area contributed by atoms with Crippen molar-refractivity contribution in [3.8, 4) is 0 Å². The molecule has 1 atom stereocenters. The van der Waals surface area contributed by atoms with Gasteiger partial charge in [-0.05, 0) is 43.5 Å². The molecular weight excluding hydrogens is 458 g/mol. The Balaban J connectivity index is 1.63. The van der Waals surface area contributed by atoms with E-state index in [2.05, 4.69) is 10.0 Å². The monoisotopic (exact) mass is 487 g/mol. The normalized spacial score (nSPS) is 14.8. The van der Waals surface area contributed by atoms with Gasteiger partial charge in [0, 0.05) is 13.0 Å². The predicted molar refractivity (Wildman–Crippen MR) is 128 cm³/mol. The summed E-state index contributed by atoms with van der Waals surface area (Å²) in [7, 11) is -3.96. The number of anilines is 2. The minimum atomic E-state index is -3.96. The maximum Gasteiger partial charge on any atom is 0.324 e. The zero-order valence-corrected chi connectivity index (χ0v) is 20.2. The first kappa shape index (κ1) is 25.4. The molecule has 3 rings (SSSR count). The van der Waals surface area contributed by atoms with E-state index in [1.165, 1.54) is 12.1 Å². The Labute approximate surface area is 199 Å². The molecule has 1 aliphatic rings. The number of ether oxygens (including phenoxy) is 1. The number of sulfonamides is 1. The van der Waals surface area contributed by atoms with E-state index in [-0.39, 0.29) is 10.8 Å². The summed E-state index contributed by atoms with van der Waals surface area (Å²) in [5.41, 5.74) is 1.91. The third-order valence-corrected chi connectivity index (χ3v) is 6.88. The summed E-state index contributed by atoms with van der Waals surface area (Å²) in [5.74, 6) is -1.90. The summed E-state index contributed by atoms with van der Waals surface area (Å²) >= 11 is 0. The minimum Gasteiger partial charge on any atom is -0.454 e. The van der Waals surface area contributed by atoms with Crippen molar-refractivity contribution in [3.63, 3.8) is 0 Å². The maximum atomic E-state index is 12.7. The molecule has 1 heterocycles. The average Bonchev–Trinajstić information content (AvgIpc) is 3.22. The molecule has 1 saturated heterocycles. The lowest BCUT2D eigenvalue weighted by molar-refractivity contribution is -0.150. The fraction of sp³-hybridized carbons (Fsp3) is 0.375. The number of amides is 2. The van der Waals surface area contributed by atoms with Crippen molar-refractivity contribution in [3.05, 3.63) is 54.1 Å². The maximum absolute atomic E-state index is 12.7. The highest BCUT2D eigenvalue weighted by Crippen LogP contribution is 2.29. The van der Waals surface area contributed by atoms with Gasteiger partial charge in [-0.2, -0.15) is 4.72 Å². The molecule has 0 aromatic heterocycles. The highest BCUT2D eigenvalue weighted by Gasteiger charge is 2.30. The Bertz CT molecular complexity index is 1160. The molecule has 1 fully saturated rings. The molecule has 34 heavy (non-hydrogen) atoms. The van der Waals surface area contributed by atoms with Crippen LogP contribution in [0.25, 0.3) is 0 Å². The number of aryl methyl sites for hydroxylation is 1. The Morgan fingerprint density at radius 2 is 1.76 bits per heavy atom. The van der Waals surface area contributed by atoms with Crippen LogP contribution < -0.4 is 14.9 Å². The van der Waals surface area contributed by atoms with Crippen molar-refractivity contribution in [1.82, 2.24) is 4.72 Å². The van der Waals surface area contributed by atoms with Crippen molar-refractivity contribution >= 4 is 39.2 Å². The SMILES string of the molecule is Cc1ccc(S(=O)(=O)N[C@H](C(=O)OCC(=O)Nc2ccccc2N2CCCC2=O)C(C)C)cc1. The summed E-state index contributed by atoms with van der Waals surface area (Å²) in [4.78, 5) is 38.8. The second-order valence-electron chi connectivity index (χ2n) is 8.48. The van der Waals surface area contributed by atoms with Gasteiger partial charge in [-0.25, -0.2) is 8.42 Å². The fourth-order valence-electron chi connectivity index (χ4n) is 3.54. The molecule has 0 aliphatic carbocycles. The average molecular weight is 488 g/mol. The third-order valence-electron chi connectivity index (χ3n) is 5.42. The Morgan fingerprint density at radius 1 is 1.09 bits per heavy atom. The van der Waals surface area contributed by atoms with Crippen molar-refractivity contribution in [2.24, 2.45) is 5.92 Å². The van der Waals surface area contributed by atoms with E-state index in [0.717, 1.165) is 12.0 Å². The molecule has 0 saturated carbocycles. The molecule has 10 heteroatoms. The van der Waals surface area contributed by atoms with Gasteiger partial charge < -0.3 is 15.0 Å². The van der Waals surface area contributed by atoms with Gasteiger partial charge in [0.1, 0.15) is 6.04 Å². The molecule has 0 spiro atoms. The van der Waals surface area contributed by atoms with Gasteiger partial charge in [0.25, 0.3) is 5.91 Å². The first-order valence-corrected chi connectivity index (χ1v) is 12.5. The van der Waals surface area contributed by atoms with Crippen LogP contribution >= 0.6 is 0 Å². The zero-order valence-electron chi connectivity index (χ0n) is 19.4. The van der Waals surface area contributed by atoms with Crippen LogP contribution in [0.4, 0.5) is 11.4 Å². The van der Waals surface area contributed by atoms with E-state index in [0.29, 0.717) is 24.3 Å². The van der Waals surface area contributed by atoms with Gasteiger partial charge in [-0.1, -0.05) is 43.7 Å². The van der Waals surface area contributed by atoms with Crippen LogP contribution in [0.3, 0.4) is 0 Å². The van der Waals surface area contributed by atoms with Crippen molar-refractivity contribution < 1.29 is 27.5 Å². The summed E-state index contributed by atoms with van der Waals surface area (Å²) in [6.45, 7) is 5.15. The Kier molecular flexibility index (Phi) is 8.06. The van der Waals surface area contributed by atoms with Crippen LogP contribution in [0.2, 0.25) is 0 Å². The molecule has 2 aromatic carbocycles. The van der Waals surface area contributed by atoms with Crippen LogP contribution in [0.15, 0.2) is 53.4 Å². The molecule has 0 radical (unpaired) electrons. The quantitative estimate of drug-likeness (QED) is 0.525. The number of benzene rings is 2. The lowest BCUT2D eigenvalue weighted by atomic mass is 10.1. The summed E-state index contributed by atoms with van der Waals surface area (Å²) in [6.07, 6.45) is 1.20. The van der Waals surface area contributed by atoms with Gasteiger partial charge in [0.2, 0.25) is 15.9 Å². The number of hydrogen-bond acceptors (Lipinski definition) is 6. The Hall–Kier alpha value is -3.24. The van der Waals surface area contributed by atoms with E-state index in [1.54, 1.807) is 55.1 Å².